The molecule has 0 saturated heterocycles. The predicted octanol–water partition coefficient (Wildman–Crippen LogP) is 0.397. The van der Waals surface area contributed by atoms with E-state index in [9.17, 15) is 14.8 Å². The molecule has 0 bridgehead atoms. The second kappa shape index (κ2) is 5.61. The van der Waals surface area contributed by atoms with Gasteiger partial charge in [0.05, 0.1) is 11.3 Å². The zero-order chi connectivity index (χ0) is 14.7. The number of primary amides is 1. The van der Waals surface area contributed by atoms with Crippen molar-refractivity contribution in [2.75, 3.05) is 0 Å². The Kier molecular flexibility index (Phi) is 3.89. The van der Waals surface area contributed by atoms with Gasteiger partial charge in [0.1, 0.15) is 0 Å². The van der Waals surface area contributed by atoms with Gasteiger partial charge in [-0.15, -0.1) is 11.8 Å². The van der Waals surface area contributed by atoms with E-state index in [0.717, 1.165) is 4.90 Å². The summed E-state index contributed by atoms with van der Waals surface area (Å²) in [6.07, 6.45) is 0. The number of amides is 1. The molecule has 0 unspecified atom stereocenters. The van der Waals surface area contributed by atoms with E-state index in [4.69, 9.17) is 10.8 Å². The molecule has 1 aromatic carbocycles. The third-order valence-electron chi connectivity index (χ3n) is 2.39. The Morgan fingerprint density at radius 3 is 2.60 bits per heavy atom. The minimum absolute atomic E-state index is 0.0360. The topological polar surface area (TPSA) is 133 Å². The van der Waals surface area contributed by atoms with Crippen LogP contribution in [0.4, 0.5) is 0 Å². The van der Waals surface area contributed by atoms with E-state index < -0.39 is 11.9 Å². The molecule has 0 fully saturated rings. The highest BCUT2D eigenvalue weighted by Crippen LogP contribution is 2.23. The molecule has 3 N–H and O–H groups in total. The molecule has 2 aromatic rings. The normalized spacial score (nSPS) is 10.4. The second-order valence-corrected chi connectivity index (χ2v) is 4.76. The summed E-state index contributed by atoms with van der Waals surface area (Å²) in [5.41, 5.74) is 5.02. The number of carbonyl (C=O) groups excluding carboxylic acids is 1. The summed E-state index contributed by atoms with van der Waals surface area (Å²) in [6, 6.07) is 6.14. The van der Waals surface area contributed by atoms with Crippen molar-refractivity contribution in [3.8, 4) is 0 Å². The van der Waals surface area contributed by atoms with Gasteiger partial charge < -0.3 is 16.0 Å². The predicted molar refractivity (Wildman–Crippen MR) is 66.9 cm³/mol. The molecule has 1 heterocycles. The maximum absolute atomic E-state index is 11.1. The van der Waals surface area contributed by atoms with Gasteiger partial charge in [-0.1, -0.05) is 0 Å². The summed E-state index contributed by atoms with van der Waals surface area (Å²) in [4.78, 5) is 22.5. The molecule has 8 nitrogen and oxygen atoms in total. The smallest absolute Gasteiger partial charge is 0.335 e. The molecule has 0 spiro atoms. The Morgan fingerprint density at radius 1 is 1.40 bits per heavy atom. The van der Waals surface area contributed by atoms with Crippen LogP contribution in [0, 0.1) is 5.21 Å². The molecule has 0 aliphatic rings. The molecule has 104 valence electrons. The van der Waals surface area contributed by atoms with Crippen LogP contribution in [0.15, 0.2) is 33.8 Å². The Balaban J connectivity index is 2.09. The van der Waals surface area contributed by atoms with Gasteiger partial charge in [0.15, 0.2) is 0 Å². The quantitative estimate of drug-likeness (QED) is 0.602. The van der Waals surface area contributed by atoms with Gasteiger partial charge in [0, 0.05) is 10.1 Å². The van der Waals surface area contributed by atoms with E-state index in [1.54, 1.807) is 12.1 Å². The molecule has 0 aliphatic heterocycles. The molecule has 2 rings (SSSR count). The van der Waals surface area contributed by atoms with Gasteiger partial charge in [-0.2, -0.15) is 0 Å². The minimum atomic E-state index is -1.01. The van der Waals surface area contributed by atoms with Crippen LogP contribution in [-0.2, 0) is 5.75 Å². The van der Waals surface area contributed by atoms with Crippen LogP contribution in [0.1, 0.15) is 26.5 Å². The molecule has 0 saturated carbocycles. The lowest BCUT2D eigenvalue weighted by atomic mass is 10.2. The second-order valence-electron chi connectivity index (χ2n) is 3.71. The molecule has 9 heteroatoms. The average molecular weight is 295 g/mol. The van der Waals surface area contributed by atoms with Crippen molar-refractivity contribution in [3.63, 3.8) is 0 Å². The van der Waals surface area contributed by atoms with Gasteiger partial charge in [-0.05, 0) is 29.2 Å². The Morgan fingerprint density at radius 2 is 2.05 bits per heavy atom. The van der Waals surface area contributed by atoms with Gasteiger partial charge >= 0.3 is 5.97 Å². The molecule has 0 radical (unpaired) electrons. The monoisotopic (exact) mass is 295 g/mol. The summed E-state index contributed by atoms with van der Waals surface area (Å²) >= 11 is 1.26. The first-order chi connectivity index (χ1) is 9.49. The highest BCUT2D eigenvalue weighted by atomic mass is 32.2. The number of carboxylic acid groups (broad SMARTS) is 1. The number of nitrogens with two attached hydrogens (primary N) is 1. The lowest BCUT2D eigenvalue weighted by Gasteiger charge is -1.99. The fraction of sp³-hybridized carbons (Fsp3) is 0.0909. The summed E-state index contributed by atoms with van der Waals surface area (Å²) in [5, 5.41) is 23.3. The zero-order valence-corrected chi connectivity index (χ0v) is 10.8. The first-order valence-corrected chi connectivity index (χ1v) is 6.32. The largest absolute Gasteiger partial charge is 0.478 e. The SMILES string of the molecule is NC(=O)c1c(CSc2ccc(C(=O)O)cc2)no[n+]1[O-]. The fourth-order valence-corrected chi connectivity index (χ4v) is 2.27. The van der Waals surface area contributed by atoms with E-state index in [0.29, 0.717) is 0 Å². The molecular weight excluding hydrogens is 286 g/mol. The summed E-state index contributed by atoms with van der Waals surface area (Å²) in [7, 11) is 0. The third-order valence-corrected chi connectivity index (χ3v) is 3.41. The van der Waals surface area contributed by atoms with Crippen LogP contribution >= 0.6 is 11.8 Å². The van der Waals surface area contributed by atoms with Crippen LogP contribution in [0.5, 0.6) is 0 Å². The number of hydrogen-bond acceptors (Lipinski definition) is 6. The first kappa shape index (κ1) is 13.9. The molecule has 0 aliphatic carbocycles. The summed E-state index contributed by atoms with van der Waals surface area (Å²) in [6.45, 7) is 0. The third kappa shape index (κ3) is 2.88. The minimum Gasteiger partial charge on any atom is -0.478 e. The van der Waals surface area contributed by atoms with Crippen molar-refractivity contribution < 1.29 is 24.2 Å². The lowest BCUT2D eigenvalue weighted by Crippen LogP contribution is -2.34. The van der Waals surface area contributed by atoms with Crippen molar-refractivity contribution in [2.45, 2.75) is 10.6 Å². The number of aromatic nitrogens is 2. The van der Waals surface area contributed by atoms with Crippen LogP contribution in [-0.4, -0.2) is 22.1 Å². The lowest BCUT2D eigenvalue weighted by molar-refractivity contribution is -0.803. The number of aromatic carboxylic acids is 1. The van der Waals surface area contributed by atoms with Crippen molar-refractivity contribution >= 4 is 23.6 Å². The van der Waals surface area contributed by atoms with Crippen LogP contribution < -0.4 is 10.6 Å². The number of rotatable bonds is 5. The number of carboxylic acids is 1. The number of nitrogens with zero attached hydrogens (tertiary/aromatic N) is 2. The van der Waals surface area contributed by atoms with Crippen LogP contribution in [0.3, 0.4) is 0 Å². The number of carbonyl (C=O) groups is 2. The van der Waals surface area contributed by atoms with Crippen molar-refractivity contribution in [3.05, 3.63) is 46.4 Å². The van der Waals surface area contributed by atoms with Crippen LogP contribution in [0.25, 0.3) is 0 Å². The van der Waals surface area contributed by atoms with E-state index in [1.807, 2.05) is 0 Å². The number of thioether (sulfide) groups is 1. The van der Waals surface area contributed by atoms with Crippen molar-refractivity contribution in [1.82, 2.24) is 5.16 Å². The van der Waals surface area contributed by atoms with E-state index >= 15 is 0 Å². The Labute approximate surface area is 116 Å². The van der Waals surface area contributed by atoms with Gasteiger partial charge in [-0.3, -0.25) is 9.42 Å². The Hall–Kier alpha value is -2.55. The molecule has 1 amide bonds. The highest BCUT2D eigenvalue weighted by Gasteiger charge is 2.24. The molecular formula is C11H9N3O5S. The fourth-order valence-electron chi connectivity index (χ4n) is 1.45. The maximum atomic E-state index is 11.1. The van der Waals surface area contributed by atoms with Gasteiger partial charge in [0.25, 0.3) is 11.6 Å². The average Bonchev–Trinajstić information content (AvgIpc) is 2.78. The highest BCUT2D eigenvalue weighted by molar-refractivity contribution is 7.98. The van der Waals surface area contributed by atoms with E-state index in [2.05, 4.69) is 9.79 Å². The Bertz CT molecular complexity index is 653. The van der Waals surface area contributed by atoms with Crippen molar-refractivity contribution in [1.29, 1.82) is 0 Å². The standard InChI is InChI=1S/C11H9N3O5S/c12-10(15)9-8(13-19-14(9)18)5-20-7-3-1-6(2-4-7)11(16)17/h1-4H,5H2,(H2,12,15)(H,16,17). The molecule has 1 aromatic heterocycles. The number of benzene rings is 1. The van der Waals surface area contributed by atoms with Gasteiger partial charge in [0.2, 0.25) is 5.69 Å². The maximum Gasteiger partial charge on any atom is 0.335 e. The van der Waals surface area contributed by atoms with E-state index in [-0.39, 0.29) is 27.6 Å². The number of hydrogen-bond donors (Lipinski definition) is 2. The molecule has 20 heavy (non-hydrogen) atoms. The first-order valence-electron chi connectivity index (χ1n) is 5.33. The van der Waals surface area contributed by atoms with E-state index in [1.165, 1.54) is 23.9 Å². The van der Waals surface area contributed by atoms with Gasteiger partial charge in [-0.25, -0.2) is 4.79 Å². The van der Waals surface area contributed by atoms with Crippen LogP contribution in [0.2, 0.25) is 0 Å². The van der Waals surface area contributed by atoms with Crippen molar-refractivity contribution in [2.24, 2.45) is 5.73 Å². The summed E-state index contributed by atoms with van der Waals surface area (Å²) in [5.74, 6) is -1.73. The summed E-state index contributed by atoms with van der Waals surface area (Å²) < 4.78 is 4.32. The molecule has 0 atom stereocenters. The zero-order valence-electron chi connectivity index (χ0n) is 9.98.